The summed E-state index contributed by atoms with van der Waals surface area (Å²) < 4.78 is 37.8. The van der Waals surface area contributed by atoms with Crippen LogP contribution in [0, 0.1) is 0 Å². The summed E-state index contributed by atoms with van der Waals surface area (Å²) in [5, 5.41) is 0. The van der Waals surface area contributed by atoms with Gasteiger partial charge in [-0.1, -0.05) is 12.1 Å². The van der Waals surface area contributed by atoms with Crippen molar-refractivity contribution in [3.05, 3.63) is 51.9 Å². The molecule has 1 aromatic heterocycles. The number of H-pyrrole nitrogens is 1. The van der Waals surface area contributed by atoms with Gasteiger partial charge in [0.1, 0.15) is 5.82 Å². The Morgan fingerprint density at radius 2 is 2.00 bits per heavy atom. The van der Waals surface area contributed by atoms with Crippen LogP contribution in [0.4, 0.5) is 13.2 Å². The summed E-state index contributed by atoms with van der Waals surface area (Å²) in [6.45, 7) is 0.0376. The average molecular weight is 269 g/mol. The molecule has 0 amide bonds. The van der Waals surface area contributed by atoms with Gasteiger partial charge in [0.15, 0.2) is 0 Å². The number of alkyl halides is 3. The van der Waals surface area contributed by atoms with Crippen molar-refractivity contribution in [2.75, 3.05) is 0 Å². The molecule has 0 saturated heterocycles. The van der Waals surface area contributed by atoms with Crippen LogP contribution >= 0.6 is 0 Å². The fraction of sp³-hybridized carbons (Fsp3) is 0.167. The molecule has 4 nitrogen and oxygen atoms in total. The maximum Gasteiger partial charge on any atom is 0.416 e. The molecule has 7 heteroatoms. The first kappa shape index (κ1) is 13.3. The van der Waals surface area contributed by atoms with E-state index in [1.54, 1.807) is 0 Å². The summed E-state index contributed by atoms with van der Waals surface area (Å²) in [6.07, 6.45) is -4.44. The third-order valence-electron chi connectivity index (χ3n) is 2.47. The topological polar surface area (TPSA) is 71.8 Å². The first-order valence-electron chi connectivity index (χ1n) is 5.38. The molecule has 2 rings (SSSR count). The molecule has 1 aromatic carbocycles. The fourth-order valence-corrected chi connectivity index (χ4v) is 1.59. The van der Waals surface area contributed by atoms with Gasteiger partial charge in [-0.3, -0.25) is 4.79 Å². The van der Waals surface area contributed by atoms with Crippen LogP contribution in [0.25, 0.3) is 11.4 Å². The number of aromatic amines is 1. The normalized spacial score (nSPS) is 11.6. The first-order chi connectivity index (χ1) is 8.90. The Kier molecular flexibility index (Phi) is 3.39. The van der Waals surface area contributed by atoms with E-state index in [0.717, 1.165) is 12.1 Å². The third kappa shape index (κ3) is 3.00. The van der Waals surface area contributed by atoms with Gasteiger partial charge < -0.3 is 10.7 Å². The van der Waals surface area contributed by atoms with E-state index in [1.165, 1.54) is 18.2 Å². The first-order valence-corrected chi connectivity index (χ1v) is 5.38. The Bertz CT molecular complexity index is 649. The monoisotopic (exact) mass is 269 g/mol. The van der Waals surface area contributed by atoms with Crippen LogP contribution in [0.3, 0.4) is 0 Å². The molecular weight excluding hydrogens is 259 g/mol. The van der Waals surface area contributed by atoms with Crippen LogP contribution in [0.1, 0.15) is 11.3 Å². The Morgan fingerprint density at radius 3 is 2.63 bits per heavy atom. The van der Waals surface area contributed by atoms with E-state index in [-0.39, 0.29) is 17.9 Å². The van der Waals surface area contributed by atoms with Gasteiger partial charge in [-0.25, -0.2) is 4.98 Å². The number of rotatable bonds is 2. The van der Waals surface area contributed by atoms with Crippen molar-refractivity contribution < 1.29 is 13.2 Å². The minimum absolute atomic E-state index is 0.0376. The van der Waals surface area contributed by atoms with Crippen molar-refractivity contribution >= 4 is 0 Å². The summed E-state index contributed by atoms with van der Waals surface area (Å²) in [4.78, 5) is 17.7. The fourth-order valence-electron chi connectivity index (χ4n) is 1.59. The second-order valence-electron chi connectivity index (χ2n) is 3.87. The molecule has 0 aliphatic carbocycles. The molecule has 0 atom stereocenters. The van der Waals surface area contributed by atoms with Crippen LogP contribution in [0.15, 0.2) is 35.1 Å². The molecule has 0 saturated carbocycles. The van der Waals surface area contributed by atoms with E-state index >= 15 is 0 Å². The Morgan fingerprint density at radius 1 is 1.26 bits per heavy atom. The lowest BCUT2D eigenvalue weighted by Crippen LogP contribution is -2.13. The average Bonchev–Trinajstić information content (AvgIpc) is 2.37. The molecule has 1 heterocycles. The van der Waals surface area contributed by atoms with Crippen molar-refractivity contribution in [3.63, 3.8) is 0 Å². The molecule has 0 unspecified atom stereocenters. The largest absolute Gasteiger partial charge is 0.416 e. The highest BCUT2D eigenvalue weighted by atomic mass is 19.4. The van der Waals surface area contributed by atoms with Crippen molar-refractivity contribution in [1.29, 1.82) is 0 Å². The minimum Gasteiger partial charge on any atom is -0.325 e. The smallest absolute Gasteiger partial charge is 0.325 e. The second-order valence-corrected chi connectivity index (χ2v) is 3.87. The maximum atomic E-state index is 12.6. The van der Waals surface area contributed by atoms with Gasteiger partial charge in [-0.05, 0) is 12.1 Å². The number of nitrogens with zero attached hydrogens (tertiary/aromatic N) is 1. The predicted molar refractivity (Wildman–Crippen MR) is 63.2 cm³/mol. The van der Waals surface area contributed by atoms with Crippen molar-refractivity contribution in [3.8, 4) is 11.4 Å². The molecule has 0 spiro atoms. The third-order valence-corrected chi connectivity index (χ3v) is 2.47. The van der Waals surface area contributed by atoms with Crippen LogP contribution in [-0.4, -0.2) is 9.97 Å². The van der Waals surface area contributed by atoms with Crippen molar-refractivity contribution in [1.82, 2.24) is 9.97 Å². The zero-order valence-electron chi connectivity index (χ0n) is 9.66. The zero-order chi connectivity index (χ0) is 14.0. The molecule has 0 fully saturated rings. The lowest BCUT2D eigenvalue weighted by Gasteiger charge is -2.08. The van der Waals surface area contributed by atoms with E-state index in [0.29, 0.717) is 5.69 Å². The minimum atomic E-state index is -4.44. The van der Waals surface area contributed by atoms with Gasteiger partial charge in [-0.15, -0.1) is 0 Å². The molecule has 19 heavy (non-hydrogen) atoms. The quantitative estimate of drug-likeness (QED) is 0.874. The molecule has 0 aliphatic heterocycles. The maximum absolute atomic E-state index is 12.6. The van der Waals surface area contributed by atoms with E-state index in [4.69, 9.17) is 5.73 Å². The summed E-state index contributed by atoms with van der Waals surface area (Å²) in [5.41, 5.74) is 4.61. The van der Waals surface area contributed by atoms with Gasteiger partial charge in [-0.2, -0.15) is 13.2 Å². The zero-order valence-corrected chi connectivity index (χ0v) is 9.66. The number of benzene rings is 1. The summed E-state index contributed by atoms with van der Waals surface area (Å²) in [7, 11) is 0. The Labute approximate surface area is 106 Å². The molecular formula is C12H10F3N3O. The van der Waals surface area contributed by atoms with Crippen LogP contribution < -0.4 is 11.3 Å². The van der Waals surface area contributed by atoms with Crippen molar-refractivity contribution in [2.45, 2.75) is 12.7 Å². The summed E-state index contributed by atoms with van der Waals surface area (Å²) >= 11 is 0. The van der Waals surface area contributed by atoms with E-state index < -0.39 is 17.3 Å². The Balaban J connectivity index is 2.53. The molecule has 0 radical (unpaired) electrons. The number of nitrogens with two attached hydrogens (primary N) is 1. The molecule has 0 aliphatic rings. The van der Waals surface area contributed by atoms with E-state index in [2.05, 4.69) is 9.97 Å². The highest BCUT2D eigenvalue weighted by molar-refractivity contribution is 5.56. The lowest BCUT2D eigenvalue weighted by molar-refractivity contribution is -0.137. The number of aromatic nitrogens is 2. The highest BCUT2D eigenvalue weighted by Gasteiger charge is 2.30. The van der Waals surface area contributed by atoms with Crippen LogP contribution in [0.2, 0.25) is 0 Å². The molecule has 2 aromatic rings. The summed E-state index contributed by atoms with van der Waals surface area (Å²) in [6, 6.07) is 5.78. The van der Waals surface area contributed by atoms with Crippen molar-refractivity contribution in [2.24, 2.45) is 5.73 Å². The highest BCUT2D eigenvalue weighted by Crippen LogP contribution is 2.31. The molecule has 0 bridgehead atoms. The SMILES string of the molecule is NCc1cc(=O)[nH]c(-c2cccc(C(F)(F)F)c2)n1. The van der Waals surface area contributed by atoms with Gasteiger partial charge in [0, 0.05) is 18.2 Å². The molecule has 100 valence electrons. The molecule has 3 N–H and O–H groups in total. The van der Waals surface area contributed by atoms with Crippen LogP contribution in [0.5, 0.6) is 0 Å². The van der Waals surface area contributed by atoms with Gasteiger partial charge in [0.25, 0.3) is 5.56 Å². The van der Waals surface area contributed by atoms with E-state index in [1.807, 2.05) is 0 Å². The van der Waals surface area contributed by atoms with Gasteiger partial charge >= 0.3 is 6.18 Å². The van der Waals surface area contributed by atoms with Gasteiger partial charge in [0.2, 0.25) is 0 Å². The second kappa shape index (κ2) is 4.85. The van der Waals surface area contributed by atoms with Crippen LogP contribution in [-0.2, 0) is 12.7 Å². The number of halogens is 3. The van der Waals surface area contributed by atoms with E-state index in [9.17, 15) is 18.0 Å². The Hall–Kier alpha value is -2.15. The number of hydrogen-bond donors (Lipinski definition) is 2. The number of nitrogens with one attached hydrogen (secondary N) is 1. The van der Waals surface area contributed by atoms with Gasteiger partial charge in [0.05, 0.1) is 11.3 Å². The number of hydrogen-bond acceptors (Lipinski definition) is 3. The summed E-state index contributed by atoms with van der Waals surface area (Å²) in [5.74, 6) is 0.0686. The predicted octanol–water partition coefficient (Wildman–Crippen LogP) is 1.91. The lowest BCUT2D eigenvalue weighted by atomic mass is 10.1. The standard InChI is InChI=1S/C12H10F3N3O/c13-12(14,15)8-3-1-2-7(4-8)11-17-9(6-16)5-10(19)18-11/h1-5H,6,16H2,(H,17,18,19).